The first kappa shape index (κ1) is 10.9. The maximum Gasteiger partial charge on any atom is 0.124 e. The molecule has 3 heteroatoms. The van der Waals surface area contributed by atoms with Crippen LogP contribution in [0.25, 0.3) is 0 Å². The maximum absolute atomic E-state index is 9.66. The molecular weight excluding hydrogens is 178 g/mol. The number of hydrogen-bond donors (Lipinski definition) is 2. The summed E-state index contributed by atoms with van der Waals surface area (Å²) in [6, 6.07) is 5.12. The normalized spacial score (nSPS) is 12.5. The highest BCUT2D eigenvalue weighted by molar-refractivity contribution is 5.41. The van der Waals surface area contributed by atoms with Gasteiger partial charge >= 0.3 is 0 Å². The van der Waals surface area contributed by atoms with E-state index in [9.17, 15) is 5.11 Å². The summed E-state index contributed by atoms with van der Waals surface area (Å²) in [7, 11) is 1.57. The average Bonchev–Trinajstić information content (AvgIpc) is 2.17. The predicted octanol–water partition coefficient (Wildman–Crippen LogP) is 2.20. The molecule has 3 N–H and O–H groups in total. The summed E-state index contributed by atoms with van der Waals surface area (Å²) in [4.78, 5) is 0. The fourth-order valence-electron chi connectivity index (χ4n) is 1.43. The summed E-state index contributed by atoms with van der Waals surface area (Å²) in [5, 5.41) is 9.66. The molecule has 3 nitrogen and oxygen atoms in total. The van der Waals surface area contributed by atoms with Crippen LogP contribution in [-0.4, -0.2) is 12.2 Å². The molecule has 0 bridgehead atoms. The highest BCUT2D eigenvalue weighted by Gasteiger charge is 2.10. The van der Waals surface area contributed by atoms with Crippen molar-refractivity contribution < 1.29 is 9.84 Å². The van der Waals surface area contributed by atoms with Crippen LogP contribution in [0.3, 0.4) is 0 Å². The maximum atomic E-state index is 9.66. The number of ether oxygens (including phenoxy) is 1. The number of hydrogen-bond acceptors (Lipinski definition) is 3. The quantitative estimate of drug-likeness (QED) is 0.774. The first-order valence-electron chi connectivity index (χ1n) is 4.81. The summed E-state index contributed by atoms with van der Waals surface area (Å²) < 4.78 is 4.99. The third-order valence-electron chi connectivity index (χ3n) is 2.24. The predicted molar refractivity (Wildman–Crippen MR) is 56.5 cm³/mol. The van der Waals surface area contributed by atoms with Crippen molar-refractivity contribution >= 4 is 0 Å². The molecular formula is C11H17NO2. The second kappa shape index (κ2) is 4.86. The Balaban J connectivity index is 2.88. The van der Waals surface area contributed by atoms with Crippen molar-refractivity contribution in [2.75, 3.05) is 7.11 Å². The minimum absolute atomic E-state index is 0.0918. The van der Waals surface area contributed by atoms with Crippen LogP contribution in [0.15, 0.2) is 18.2 Å². The van der Waals surface area contributed by atoms with E-state index in [1.807, 2.05) is 12.1 Å². The Morgan fingerprint density at radius 3 is 2.71 bits per heavy atom. The average molecular weight is 195 g/mol. The van der Waals surface area contributed by atoms with E-state index in [2.05, 4.69) is 6.92 Å². The first-order chi connectivity index (χ1) is 6.69. The zero-order valence-corrected chi connectivity index (χ0v) is 8.66. The van der Waals surface area contributed by atoms with E-state index in [1.54, 1.807) is 13.2 Å². The van der Waals surface area contributed by atoms with E-state index in [0.29, 0.717) is 5.75 Å². The van der Waals surface area contributed by atoms with Gasteiger partial charge in [-0.15, -0.1) is 0 Å². The number of phenols is 1. The summed E-state index contributed by atoms with van der Waals surface area (Å²) in [6.07, 6.45) is 1.88. The second-order valence-electron chi connectivity index (χ2n) is 3.32. The molecule has 0 aromatic heterocycles. The van der Waals surface area contributed by atoms with Crippen molar-refractivity contribution in [1.29, 1.82) is 0 Å². The Labute approximate surface area is 84.5 Å². The molecule has 0 saturated carbocycles. The summed E-state index contributed by atoms with van der Waals surface area (Å²) in [5.41, 5.74) is 6.68. The first-order valence-corrected chi connectivity index (χ1v) is 4.81. The topological polar surface area (TPSA) is 55.5 Å². The summed E-state index contributed by atoms with van der Waals surface area (Å²) >= 11 is 0. The highest BCUT2D eigenvalue weighted by Crippen LogP contribution is 2.29. The standard InChI is InChI=1S/C11H17NO2/c1-3-4-10(12)9-6-5-8(14-2)7-11(9)13/h5-7,10,13H,3-4,12H2,1-2H3/t10-/m0/s1. The van der Waals surface area contributed by atoms with Gasteiger partial charge in [0.25, 0.3) is 0 Å². The van der Waals surface area contributed by atoms with Gasteiger partial charge in [0.1, 0.15) is 11.5 Å². The van der Waals surface area contributed by atoms with Crippen molar-refractivity contribution in [3.05, 3.63) is 23.8 Å². The molecule has 0 saturated heterocycles. The van der Waals surface area contributed by atoms with Gasteiger partial charge in [0.15, 0.2) is 0 Å². The zero-order chi connectivity index (χ0) is 10.6. The van der Waals surface area contributed by atoms with Gasteiger partial charge in [0.2, 0.25) is 0 Å². The number of benzene rings is 1. The van der Waals surface area contributed by atoms with Crippen LogP contribution in [0, 0.1) is 0 Å². The lowest BCUT2D eigenvalue weighted by molar-refractivity contribution is 0.405. The Morgan fingerprint density at radius 1 is 1.50 bits per heavy atom. The molecule has 0 aliphatic carbocycles. The van der Waals surface area contributed by atoms with Crippen molar-refractivity contribution in [2.45, 2.75) is 25.8 Å². The molecule has 0 unspecified atom stereocenters. The lowest BCUT2D eigenvalue weighted by Gasteiger charge is -2.13. The number of phenolic OH excluding ortho intramolecular Hbond substituents is 1. The minimum Gasteiger partial charge on any atom is -0.507 e. The van der Waals surface area contributed by atoms with E-state index in [0.717, 1.165) is 18.4 Å². The number of methoxy groups -OCH3 is 1. The third-order valence-corrected chi connectivity index (χ3v) is 2.24. The van der Waals surface area contributed by atoms with Crippen molar-refractivity contribution in [3.63, 3.8) is 0 Å². The lowest BCUT2D eigenvalue weighted by atomic mass is 10.0. The summed E-state index contributed by atoms with van der Waals surface area (Å²) in [5.74, 6) is 0.861. The van der Waals surface area contributed by atoms with Crippen LogP contribution in [0.2, 0.25) is 0 Å². The fourth-order valence-corrected chi connectivity index (χ4v) is 1.43. The molecule has 1 aromatic carbocycles. The number of nitrogens with two attached hydrogens (primary N) is 1. The van der Waals surface area contributed by atoms with Gasteiger partial charge in [-0.3, -0.25) is 0 Å². The molecule has 0 spiro atoms. The molecule has 0 heterocycles. The second-order valence-corrected chi connectivity index (χ2v) is 3.32. The van der Waals surface area contributed by atoms with Crippen molar-refractivity contribution in [1.82, 2.24) is 0 Å². The van der Waals surface area contributed by atoms with Crippen LogP contribution in [0.5, 0.6) is 11.5 Å². The van der Waals surface area contributed by atoms with Gasteiger partial charge in [-0.05, 0) is 12.5 Å². The van der Waals surface area contributed by atoms with Crippen LogP contribution >= 0.6 is 0 Å². The van der Waals surface area contributed by atoms with Crippen LogP contribution < -0.4 is 10.5 Å². The molecule has 1 rings (SSSR count). The van der Waals surface area contributed by atoms with E-state index < -0.39 is 0 Å². The SMILES string of the molecule is CCC[C@H](N)c1ccc(OC)cc1O. The Kier molecular flexibility index (Phi) is 3.77. The van der Waals surface area contributed by atoms with E-state index >= 15 is 0 Å². The van der Waals surface area contributed by atoms with Crippen LogP contribution in [0.1, 0.15) is 31.4 Å². The molecule has 1 aromatic rings. The molecule has 0 aliphatic heterocycles. The molecule has 0 fully saturated rings. The molecule has 1 atom stereocenters. The van der Waals surface area contributed by atoms with Gasteiger partial charge < -0.3 is 15.6 Å². The van der Waals surface area contributed by atoms with E-state index in [-0.39, 0.29) is 11.8 Å². The zero-order valence-electron chi connectivity index (χ0n) is 8.66. The molecule has 0 radical (unpaired) electrons. The number of aromatic hydroxyl groups is 1. The van der Waals surface area contributed by atoms with Crippen molar-refractivity contribution in [3.8, 4) is 11.5 Å². The van der Waals surface area contributed by atoms with Gasteiger partial charge in [-0.1, -0.05) is 19.4 Å². The Morgan fingerprint density at radius 2 is 2.21 bits per heavy atom. The Hall–Kier alpha value is -1.22. The molecule has 78 valence electrons. The number of rotatable bonds is 4. The van der Waals surface area contributed by atoms with E-state index in [1.165, 1.54) is 0 Å². The van der Waals surface area contributed by atoms with Gasteiger partial charge in [-0.2, -0.15) is 0 Å². The molecule has 14 heavy (non-hydrogen) atoms. The Bertz CT molecular complexity index is 299. The summed E-state index contributed by atoms with van der Waals surface area (Å²) in [6.45, 7) is 2.07. The van der Waals surface area contributed by atoms with Crippen molar-refractivity contribution in [2.24, 2.45) is 5.73 Å². The minimum atomic E-state index is -0.0918. The third kappa shape index (κ3) is 2.39. The monoisotopic (exact) mass is 195 g/mol. The van der Waals surface area contributed by atoms with Crippen LogP contribution in [0.4, 0.5) is 0 Å². The largest absolute Gasteiger partial charge is 0.507 e. The highest BCUT2D eigenvalue weighted by atomic mass is 16.5. The molecule has 0 amide bonds. The fraction of sp³-hybridized carbons (Fsp3) is 0.455. The smallest absolute Gasteiger partial charge is 0.124 e. The molecule has 0 aliphatic rings. The lowest BCUT2D eigenvalue weighted by Crippen LogP contribution is -2.09. The van der Waals surface area contributed by atoms with Crippen LogP contribution in [-0.2, 0) is 0 Å². The van der Waals surface area contributed by atoms with Gasteiger partial charge in [-0.25, -0.2) is 0 Å². The van der Waals surface area contributed by atoms with Gasteiger partial charge in [0.05, 0.1) is 7.11 Å². The van der Waals surface area contributed by atoms with E-state index in [4.69, 9.17) is 10.5 Å². The van der Waals surface area contributed by atoms with Gasteiger partial charge in [0, 0.05) is 17.7 Å².